The van der Waals surface area contributed by atoms with Gasteiger partial charge in [-0.05, 0) is 0 Å². The largest absolute Gasteiger partial charge is 3.00 e. The maximum Gasteiger partial charge on any atom is 3.00 e. The summed E-state index contributed by atoms with van der Waals surface area (Å²) in [7, 11) is 1.00. The molecular weight excluding hydrogens is 95.8 g/mol. The van der Waals surface area contributed by atoms with Crippen LogP contribution in [0.25, 0.3) is 0 Å². The number of hydrogen-bond acceptors (Lipinski definition) is 1. The number of aliphatic hydroxyl groups is 1. The summed E-state index contributed by atoms with van der Waals surface area (Å²) in [5.74, 6) is 0. The second kappa shape index (κ2) is 2050. The normalized spacial score (nSPS) is 1.00. The van der Waals surface area contributed by atoms with E-state index in [2.05, 4.69) is 0 Å². The first-order valence-corrected chi connectivity index (χ1v) is 0.447. The van der Waals surface area contributed by atoms with E-state index in [1.54, 1.807) is 0 Å². The van der Waals surface area contributed by atoms with Crippen molar-refractivity contribution in [2.75, 3.05) is 7.11 Å². The van der Waals surface area contributed by atoms with Gasteiger partial charge in [0.25, 0.3) is 0 Å². The predicted molar refractivity (Wildman–Crippen MR) is 13.9 cm³/mol. The zero-order valence-electron chi connectivity index (χ0n) is 3.16. The van der Waals surface area contributed by atoms with Gasteiger partial charge >= 0.3 is 8.41 Å². The molecule has 0 amide bonds. The van der Waals surface area contributed by atoms with E-state index < -0.39 is 0 Å². The fourth-order valence-corrected chi connectivity index (χ4v) is 0. The van der Waals surface area contributed by atoms with Crippen molar-refractivity contribution < 1.29 is 19.2 Å². The SMILES string of the molecule is CO.[B+3].[F-].[F-].[F-]. The molecule has 0 spiro atoms. The molecule has 5 heteroatoms. The molecule has 0 fully saturated rings. The molecule has 1 nitrogen and oxygen atoms in total. The summed E-state index contributed by atoms with van der Waals surface area (Å²) in [6.45, 7) is 0. The van der Waals surface area contributed by atoms with Gasteiger partial charge in [0.1, 0.15) is 0 Å². The first-order chi connectivity index (χ1) is 1.00. The van der Waals surface area contributed by atoms with Gasteiger partial charge in [-0.1, -0.05) is 0 Å². The minimum absolute atomic E-state index is 0. The van der Waals surface area contributed by atoms with Crippen molar-refractivity contribution in [2.24, 2.45) is 0 Å². The van der Waals surface area contributed by atoms with Gasteiger partial charge in [-0.3, -0.25) is 0 Å². The molecule has 38 valence electrons. The summed E-state index contributed by atoms with van der Waals surface area (Å²) in [5.41, 5.74) is 0. The molecule has 0 unspecified atom stereocenters. The number of rotatable bonds is 0. The topological polar surface area (TPSA) is 20.2 Å². The average Bonchev–Trinajstić information content (AvgIpc) is 1.00. The summed E-state index contributed by atoms with van der Waals surface area (Å²) in [6, 6.07) is 0. The Morgan fingerprint density at radius 3 is 0.833 bits per heavy atom. The van der Waals surface area contributed by atoms with Crippen molar-refractivity contribution in [3.05, 3.63) is 0 Å². The van der Waals surface area contributed by atoms with Crippen molar-refractivity contribution in [2.45, 2.75) is 0 Å². The van der Waals surface area contributed by atoms with Crippen molar-refractivity contribution in [1.29, 1.82) is 0 Å². The zero-order valence-corrected chi connectivity index (χ0v) is 3.16. The van der Waals surface area contributed by atoms with Crippen LogP contribution in [0.1, 0.15) is 0 Å². The van der Waals surface area contributed by atoms with E-state index in [0.717, 1.165) is 7.11 Å². The quantitative estimate of drug-likeness (QED) is 0.299. The Balaban J connectivity index is -0.000000000833. The van der Waals surface area contributed by atoms with E-state index in [0.29, 0.717) is 0 Å². The first-order valence-electron chi connectivity index (χ1n) is 0.447. The molecule has 1 N–H and O–H groups in total. The summed E-state index contributed by atoms with van der Waals surface area (Å²) in [4.78, 5) is 0. The minimum atomic E-state index is 0. The first kappa shape index (κ1) is 203. The molecule has 6 heavy (non-hydrogen) atoms. The third-order valence-corrected chi connectivity index (χ3v) is 0. The minimum Gasteiger partial charge on any atom is -1.00 e. The van der Waals surface area contributed by atoms with Crippen LogP contribution >= 0.6 is 0 Å². The average molecular weight is 99.8 g/mol. The van der Waals surface area contributed by atoms with Crippen LogP contribution in [0, 0.1) is 0 Å². The summed E-state index contributed by atoms with van der Waals surface area (Å²) < 4.78 is 0. The molecule has 0 aliphatic heterocycles. The number of aliphatic hydroxyl groups excluding tert-OH is 1. The van der Waals surface area contributed by atoms with Crippen LogP contribution in [0.15, 0.2) is 0 Å². The van der Waals surface area contributed by atoms with Crippen molar-refractivity contribution in [3.8, 4) is 0 Å². The van der Waals surface area contributed by atoms with Crippen molar-refractivity contribution in [3.63, 3.8) is 0 Å². The molecule has 0 aromatic heterocycles. The van der Waals surface area contributed by atoms with E-state index in [9.17, 15) is 0 Å². The van der Waals surface area contributed by atoms with Gasteiger partial charge in [0.15, 0.2) is 0 Å². The van der Waals surface area contributed by atoms with Gasteiger partial charge in [-0.15, -0.1) is 0 Å². The Kier molecular flexibility index (Phi) is 69200. The number of hydrogen-bond donors (Lipinski definition) is 1. The van der Waals surface area contributed by atoms with Gasteiger partial charge in [-0.2, -0.15) is 0 Å². The second-order valence-electron chi connectivity index (χ2n) is 0. The van der Waals surface area contributed by atoms with Crippen LogP contribution in [0.4, 0.5) is 0 Å². The molecule has 0 saturated carbocycles. The van der Waals surface area contributed by atoms with E-state index >= 15 is 0 Å². The maximum atomic E-state index is 7.00. The van der Waals surface area contributed by atoms with E-state index in [4.69, 9.17) is 5.11 Å². The van der Waals surface area contributed by atoms with Crippen LogP contribution < -0.4 is 14.1 Å². The Bertz CT molecular complexity index is 10.8. The smallest absolute Gasteiger partial charge is 1.00 e. The van der Waals surface area contributed by atoms with Crippen molar-refractivity contribution >= 4 is 8.41 Å². The van der Waals surface area contributed by atoms with Gasteiger partial charge in [0.2, 0.25) is 0 Å². The molecule has 0 radical (unpaired) electrons. The van der Waals surface area contributed by atoms with Crippen LogP contribution in [0.5, 0.6) is 0 Å². The Labute approximate surface area is 36.0 Å². The van der Waals surface area contributed by atoms with Gasteiger partial charge in [0.05, 0.1) is 0 Å². The van der Waals surface area contributed by atoms with E-state index in [1.807, 2.05) is 0 Å². The fourth-order valence-electron chi connectivity index (χ4n) is 0. The molecule has 0 atom stereocenters. The van der Waals surface area contributed by atoms with Gasteiger partial charge in [0, 0.05) is 7.11 Å². The monoisotopic (exact) mass is 100 g/mol. The molecule has 0 aromatic rings. The summed E-state index contributed by atoms with van der Waals surface area (Å²) >= 11 is 0. The van der Waals surface area contributed by atoms with Crippen LogP contribution in [0.3, 0.4) is 0 Å². The molecule has 0 aliphatic carbocycles. The van der Waals surface area contributed by atoms with Crippen LogP contribution in [-0.2, 0) is 0 Å². The molecular formula is CH4BF3O. The van der Waals surface area contributed by atoms with Crippen LogP contribution in [-0.4, -0.2) is 20.6 Å². The maximum absolute atomic E-state index is 7.00. The van der Waals surface area contributed by atoms with Gasteiger partial charge in [-0.25, -0.2) is 0 Å². The molecule has 0 aliphatic rings. The Morgan fingerprint density at radius 2 is 0.833 bits per heavy atom. The summed E-state index contributed by atoms with van der Waals surface area (Å²) in [6.07, 6.45) is 0. The molecule has 0 aromatic carbocycles. The number of halogens is 3. The summed E-state index contributed by atoms with van der Waals surface area (Å²) in [5, 5.41) is 7.00. The Hall–Kier alpha value is -0.185. The van der Waals surface area contributed by atoms with E-state index in [-0.39, 0.29) is 22.5 Å². The Morgan fingerprint density at radius 1 is 0.833 bits per heavy atom. The fraction of sp³-hybridized carbons (Fsp3) is 1.00. The third kappa shape index (κ3) is 883. The molecule has 0 heterocycles. The molecule has 0 bridgehead atoms. The third-order valence-electron chi connectivity index (χ3n) is 0. The molecule has 0 rings (SSSR count). The standard InChI is InChI=1S/CH4O.B.3FH/c1-2;;;;/h2H,1H3;;3*1H/q;+3;;;/p-3. The second-order valence-corrected chi connectivity index (χ2v) is 0. The zero-order chi connectivity index (χ0) is 2.00. The van der Waals surface area contributed by atoms with Gasteiger partial charge < -0.3 is 19.2 Å². The van der Waals surface area contributed by atoms with E-state index in [1.165, 1.54) is 0 Å². The predicted octanol–water partition coefficient (Wildman–Crippen LogP) is -9.76. The van der Waals surface area contributed by atoms with Crippen molar-refractivity contribution in [1.82, 2.24) is 0 Å². The van der Waals surface area contributed by atoms with Crippen LogP contribution in [0.2, 0.25) is 0 Å². The molecule has 0 saturated heterocycles.